The third kappa shape index (κ3) is 7.77. The maximum Gasteiger partial charge on any atom is 0.322 e. The predicted octanol–water partition coefficient (Wildman–Crippen LogP) is 5.37. The number of carbonyl (C=O) groups is 2. The van der Waals surface area contributed by atoms with Crippen LogP contribution in [0.3, 0.4) is 0 Å². The molecule has 37 heavy (non-hydrogen) atoms. The van der Waals surface area contributed by atoms with Crippen LogP contribution in [0.4, 0.5) is 10.5 Å². The van der Waals surface area contributed by atoms with E-state index in [1.165, 1.54) is 0 Å². The maximum atomic E-state index is 13.5. The van der Waals surface area contributed by atoms with Gasteiger partial charge in [0.05, 0.1) is 27.0 Å². The topological polar surface area (TPSA) is 84.3 Å². The van der Waals surface area contributed by atoms with Gasteiger partial charge in [0, 0.05) is 18.3 Å². The molecular formula is C29H37N3O5. The Balaban J connectivity index is 1.73. The van der Waals surface area contributed by atoms with E-state index in [0.717, 1.165) is 17.5 Å². The molecule has 0 radical (unpaired) electrons. The van der Waals surface area contributed by atoms with Gasteiger partial charge >= 0.3 is 6.03 Å². The Bertz CT molecular complexity index is 1160. The second kappa shape index (κ2) is 13.4. The van der Waals surface area contributed by atoms with E-state index in [-0.39, 0.29) is 24.5 Å². The van der Waals surface area contributed by atoms with Crippen LogP contribution in [0.5, 0.6) is 11.5 Å². The second-order valence-corrected chi connectivity index (χ2v) is 9.04. The zero-order chi connectivity index (χ0) is 26.8. The summed E-state index contributed by atoms with van der Waals surface area (Å²) in [7, 11) is 3.19. The molecule has 3 amide bonds. The summed E-state index contributed by atoms with van der Waals surface area (Å²) in [4.78, 5) is 29.9. The van der Waals surface area contributed by atoms with Gasteiger partial charge in [0.1, 0.15) is 12.3 Å². The number of furan rings is 1. The average Bonchev–Trinajstić information content (AvgIpc) is 3.42. The van der Waals surface area contributed by atoms with E-state index < -0.39 is 0 Å². The number of carbonyl (C=O) groups excluding carboxylic acids is 2. The molecule has 198 valence electrons. The number of rotatable bonds is 12. The quantitative estimate of drug-likeness (QED) is 0.356. The highest BCUT2D eigenvalue weighted by atomic mass is 16.5. The average molecular weight is 508 g/mol. The first-order chi connectivity index (χ1) is 17.8. The number of aryl methyl sites for hydroxylation is 1. The maximum absolute atomic E-state index is 13.5. The molecule has 1 heterocycles. The molecule has 3 aromatic rings. The second-order valence-electron chi connectivity index (χ2n) is 9.04. The molecule has 8 nitrogen and oxygen atoms in total. The fraction of sp³-hybridized carbons (Fsp3) is 0.379. The lowest BCUT2D eigenvalue weighted by molar-refractivity contribution is -0.133. The zero-order valence-electron chi connectivity index (χ0n) is 22.3. The van der Waals surface area contributed by atoms with Crippen molar-refractivity contribution >= 4 is 17.6 Å². The number of nitrogens with zero attached hydrogens (tertiary/aromatic N) is 2. The first-order valence-corrected chi connectivity index (χ1v) is 12.5. The standard InChI is InChI=1S/C29H37N3O5/c1-6-22-9-7-10-24(17-22)30-29(34)32(21(2)3)20-28(33)31(19-25-11-8-16-37-25)15-14-23-12-13-26(35-4)27(18-23)36-5/h7-13,16-18,21H,6,14-15,19-20H2,1-5H3,(H,30,34). The summed E-state index contributed by atoms with van der Waals surface area (Å²) in [5.41, 5.74) is 2.84. The molecule has 2 aromatic carbocycles. The monoisotopic (exact) mass is 507 g/mol. The number of urea groups is 1. The van der Waals surface area contributed by atoms with Crippen molar-refractivity contribution in [1.82, 2.24) is 9.80 Å². The summed E-state index contributed by atoms with van der Waals surface area (Å²) in [6.07, 6.45) is 3.06. The Morgan fingerprint density at radius 1 is 0.973 bits per heavy atom. The molecular weight excluding hydrogens is 470 g/mol. The van der Waals surface area contributed by atoms with Crippen molar-refractivity contribution in [3.63, 3.8) is 0 Å². The van der Waals surface area contributed by atoms with Crippen molar-refractivity contribution in [3.8, 4) is 11.5 Å². The van der Waals surface area contributed by atoms with Crippen LogP contribution >= 0.6 is 0 Å². The number of methoxy groups -OCH3 is 2. The van der Waals surface area contributed by atoms with Gasteiger partial charge in [0.25, 0.3) is 0 Å². The summed E-state index contributed by atoms with van der Waals surface area (Å²) in [5, 5.41) is 2.94. The Kier molecular flexibility index (Phi) is 10.0. The lowest BCUT2D eigenvalue weighted by Crippen LogP contribution is -2.47. The van der Waals surface area contributed by atoms with Crippen molar-refractivity contribution in [2.24, 2.45) is 0 Å². The van der Waals surface area contributed by atoms with E-state index in [2.05, 4.69) is 12.2 Å². The van der Waals surface area contributed by atoms with Crippen molar-refractivity contribution in [3.05, 3.63) is 77.7 Å². The van der Waals surface area contributed by atoms with E-state index in [4.69, 9.17) is 13.9 Å². The molecule has 0 aliphatic carbocycles. The van der Waals surface area contributed by atoms with Crippen molar-refractivity contribution in [2.75, 3.05) is 32.6 Å². The molecule has 0 aliphatic heterocycles. The third-order valence-corrected chi connectivity index (χ3v) is 6.17. The number of anilines is 1. The molecule has 3 rings (SSSR count). The van der Waals surface area contributed by atoms with Crippen LogP contribution in [0.1, 0.15) is 37.7 Å². The molecule has 0 spiro atoms. The number of hydrogen-bond donors (Lipinski definition) is 1. The minimum Gasteiger partial charge on any atom is -0.493 e. The Labute approximate surface area is 219 Å². The van der Waals surface area contributed by atoms with Crippen LogP contribution in [0.2, 0.25) is 0 Å². The first kappa shape index (κ1) is 27.6. The molecule has 0 saturated heterocycles. The fourth-order valence-corrected chi connectivity index (χ4v) is 3.98. The highest BCUT2D eigenvalue weighted by molar-refractivity contribution is 5.92. The van der Waals surface area contributed by atoms with Gasteiger partial charge in [-0.25, -0.2) is 4.79 Å². The van der Waals surface area contributed by atoms with Gasteiger partial charge in [0.15, 0.2) is 11.5 Å². The Hall–Kier alpha value is -3.94. The summed E-state index contributed by atoms with van der Waals surface area (Å²) in [6, 6.07) is 16.6. The third-order valence-electron chi connectivity index (χ3n) is 6.17. The van der Waals surface area contributed by atoms with Crippen LogP contribution in [-0.4, -0.2) is 55.1 Å². The highest BCUT2D eigenvalue weighted by Crippen LogP contribution is 2.28. The number of amides is 3. The molecule has 0 unspecified atom stereocenters. The molecule has 0 aliphatic rings. The number of nitrogens with one attached hydrogen (secondary N) is 1. The molecule has 1 aromatic heterocycles. The molecule has 0 saturated carbocycles. The molecule has 0 fully saturated rings. The van der Waals surface area contributed by atoms with E-state index in [1.807, 2.05) is 62.4 Å². The Morgan fingerprint density at radius 2 is 1.76 bits per heavy atom. The number of hydrogen-bond acceptors (Lipinski definition) is 5. The van der Waals surface area contributed by atoms with Gasteiger partial charge in [-0.15, -0.1) is 0 Å². The molecule has 0 atom stereocenters. The van der Waals surface area contributed by atoms with Crippen molar-refractivity contribution in [1.29, 1.82) is 0 Å². The Morgan fingerprint density at radius 3 is 2.41 bits per heavy atom. The van der Waals surface area contributed by atoms with Gasteiger partial charge in [-0.3, -0.25) is 4.79 Å². The van der Waals surface area contributed by atoms with Crippen LogP contribution in [0.15, 0.2) is 65.3 Å². The van der Waals surface area contributed by atoms with E-state index in [9.17, 15) is 9.59 Å². The fourth-order valence-electron chi connectivity index (χ4n) is 3.98. The first-order valence-electron chi connectivity index (χ1n) is 12.5. The lowest BCUT2D eigenvalue weighted by atomic mass is 10.1. The van der Waals surface area contributed by atoms with Gasteiger partial charge in [-0.1, -0.05) is 25.1 Å². The predicted molar refractivity (Wildman–Crippen MR) is 144 cm³/mol. The van der Waals surface area contributed by atoms with Gasteiger partial charge in [0.2, 0.25) is 5.91 Å². The van der Waals surface area contributed by atoms with Crippen LogP contribution in [0, 0.1) is 0 Å². The van der Waals surface area contributed by atoms with Crippen molar-refractivity contribution < 1.29 is 23.5 Å². The lowest BCUT2D eigenvalue weighted by Gasteiger charge is -2.30. The SMILES string of the molecule is CCc1cccc(NC(=O)N(CC(=O)N(CCc2ccc(OC)c(OC)c2)Cc2ccco2)C(C)C)c1. The van der Waals surface area contributed by atoms with Gasteiger partial charge in [-0.2, -0.15) is 0 Å². The zero-order valence-corrected chi connectivity index (χ0v) is 22.3. The molecule has 1 N–H and O–H groups in total. The smallest absolute Gasteiger partial charge is 0.322 e. The van der Waals surface area contributed by atoms with Gasteiger partial charge < -0.3 is 29.0 Å². The number of ether oxygens (including phenoxy) is 2. The molecule has 8 heteroatoms. The van der Waals surface area contributed by atoms with E-state index >= 15 is 0 Å². The van der Waals surface area contributed by atoms with Gasteiger partial charge in [-0.05, 0) is 74.2 Å². The molecule has 0 bridgehead atoms. The van der Waals surface area contributed by atoms with Crippen molar-refractivity contribution in [2.45, 2.75) is 46.2 Å². The van der Waals surface area contributed by atoms with Crippen LogP contribution < -0.4 is 14.8 Å². The minimum atomic E-state index is -0.311. The summed E-state index contributed by atoms with van der Waals surface area (Å²) >= 11 is 0. The van der Waals surface area contributed by atoms with Crippen LogP contribution in [0.25, 0.3) is 0 Å². The highest BCUT2D eigenvalue weighted by Gasteiger charge is 2.24. The van der Waals surface area contributed by atoms with E-state index in [1.54, 1.807) is 36.3 Å². The van der Waals surface area contributed by atoms with Crippen LogP contribution in [-0.2, 0) is 24.2 Å². The van der Waals surface area contributed by atoms with E-state index in [0.29, 0.717) is 42.5 Å². The normalized spacial score (nSPS) is 10.8. The summed E-state index contributed by atoms with van der Waals surface area (Å²) < 4.78 is 16.2. The largest absolute Gasteiger partial charge is 0.493 e. The number of benzene rings is 2. The summed E-state index contributed by atoms with van der Waals surface area (Å²) in [5.74, 6) is 1.80. The summed E-state index contributed by atoms with van der Waals surface area (Å²) in [6.45, 7) is 6.57. The minimum absolute atomic E-state index is 0.0520.